The molecule has 14 nitrogen and oxygen atoms in total. The molecule has 56 heavy (non-hydrogen) atoms. The normalized spacial score (nSPS) is 15.5. The van der Waals surface area contributed by atoms with Crippen molar-refractivity contribution in [3.05, 3.63) is 107 Å². The maximum atomic E-state index is 14.3. The standard InChI is InChI=1S/C42H51N9O5/c1-28-16-18-30(19-17-28)26-48-38(52)34(14-9-21-46-42(44)56)49-39(53)35(25-31-27-47-33-13-6-5-12-32(31)33)50-40(54)37-15-7-8-23-51(37)41(55)36(45-22-20-43)24-29-10-3-2-4-11-29/h2-6,10-13,16-19,27,34-37,45,47H,7-9,14-15,21-26H2,1H3,(H,48,52)(H,49,53)(H,50,54)(H3,44,46,56)/t34?,35?,36?,37-/m0/s1. The lowest BCUT2D eigenvalue weighted by Crippen LogP contribution is -2.60. The molecule has 3 aromatic carbocycles. The van der Waals surface area contributed by atoms with E-state index in [9.17, 15) is 29.2 Å². The molecule has 4 atom stereocenters. The number of benzene rings is 3. The second-order valence-corrected chi connectivity index (χ2v) is 14.1. The Balaban J connectivity index is 1.37. The molecule has 1 aliphatic rings. The van der Waals surface area contributed by atoms with Gasteiger partial charge < -0.3 is 36.9 Å². The van der Waals surface area contributed by atoms with Gasteiger partial charge in [-0.2, -0.15) is 5.26 Å². The Kier molecular flexibility index (Phi) is 15.0. The van der Waals surface area contributed by atoms with Crippen LogP contribution in [0.5, 0.6) is 0 Å². The summed E-state index contributed by atoms with van der Waals surface area (Å²) in [6.45, 7) is 2.71. The largest absolute Gasteiger partial charge is 0.361 e. The minimum Gasteiger partial charge on any atom is -0.361 e. The van der Waals surface area contributed by atoms with Crippen LogP contribution in [0.1, 0.15) is 54.4 Å². The summed E-state index contributed by atoms with van der Waals surface area (Å²) in [6, 6.07) is 22.5. The van der Waals surface area contributed by atoms with Crippen molar-refractivity contribution in [1.82, 2.24) is 36.5 Å². The first-order chi connectivity index (χ1) is 27.1. The van der Waals surface area contributed by atoms with Crippen molar-refractivity contribution in [1.29, 1.82) is 5.26 Å². The van der Waals surface area contributed by atoms with Crippen LogP contribution in [0.2, 0.25) is 0 Å². The number of carbonyl (C=O) groups excluding carboxylic acids is 5. The van der Waals surface area contributed by atoms with Gasteiger partial charge in [0.2, 0.25) is 23.6 Å². The Morgan fingerprint density at radius 3 is 2.36 bits per heavy atom. The molecule has 1 saturated heterocycles. The van der Waals surface area contributed by atoms with Gasteiger partial charge in [-0.1, -0.05) is 78.4 Å². The summed E-state index contributed by atoms with van der Waals surface area (Å²) in [6.07, 6.45) is 4.56. The van der Waals surface area contributed by atoms with Crippen molar-refractivity contribution in [2.75, 3.05) is 19.6 Å². The lowest BCUT2D eigenvalue weighted by atomic mass is 9.97. The molecule has 6 amide bonds. The van der Waals surface area contributed by atoms with Crippen LogP contribution in [0.3, 0.4) is 0 Å². The van der Waals surface area contributed by atoms with Gasteiger partial charge in [-0.05, 0) is 68.2 Å². The summed E-state index contributed by atoms with van der Waals surface area (Å²) >= 11 is 0. The number of fused-ring (bicyclic) bond motifs is 1. The summed E-state index contributed by atoms with van der Waals surface area (Å²) in [5.74, 6) is -1.78. The SMILES string of the molecule is Cc1ccc(CNC(=O)C(CCCNC(N)=O)NC(=O)C(Cc2c[nH]c3ccccc23)NC(=O)[C@@H]2CCCCN2C(=O)C(Cc2ccccc2)NCC#N)cc1. The number of amides is 6. The van der Waals surface area contributed by atoms with Crippen molar-refractivity contribution in [2.45, 2.75) is 82.6 Å². The number of carbonyl (C=O) groups is 5. The van der Waals surface area contributed by atoms with Gasteiger partial charge in [0.1, 0.15) is 18.1 Å². The molecule has 0 saturated carbocycles. The van der Waals surface area contributed by atoms with Crippen molar-refractivity contribution in [3.8, 4) is 6.07 Å². The fourth-order valence-corrected chi connectivity index (χ4v) is 7.01. The highest BCUT2D eigenvalue weighted by molar-refractivity contribution is 5.95. The number of para-hydroxylation sites is 1. The molecule has 0 aliphatic carbocycles. The number of aryl methyl sites for hydroxylation is 1. The van der Waals surface area contributed by atoms with Gasteiger partial charge >= 0.3 is 6.03 Å². The number of nitrogens with zero attached hydrogens (tertiary/aromatic N) is 2. The van der Waals surface area contributed by atoms with Crippen LogP contribution < -0.4 is 32.3 Å². The molecule has 4 aromatic rings. The maximum absolute atomic E-state index is 14.3. The molecular weight excluding hydrogens is 711 g/mol. The van der Waals surface area contributed by atoms with Gasteiger partial charge in [0, 0.05) is 43.2 Å². The monoisotopic (exact) mass is 761 g/mol. The molecule has 2 heterocycles. The zero-order valence-electron chi connectivity index (χ0n) is 31.7. The van der Waals surface area contributed by atoms with Crippen LogP contribution in [0, 0.1) is 18.3 Å². The molecule has 0 radical (unpaired) electrons. The Hall–Kier alpha value is -6.20. The van der Waals surface area contributed by atoms with Crippen LogP contribution in [0.15, 0.2) is 85.1 Å². The molecule has 1 aromatic heterocycles. The van der Waals surface area contributed by atoms with E-state index in [0.29, 0.717) is 38.6 Å². The van der Waals surface area contributed by atoms with Gasteiger partial charge in [0.25, 0.3) is 0 Å². The number of likely N-dealkylation sites (tertiary alicyclic amines) is 1. The third-order valence-electron chi connectivity index (χ3n) is 10.0. The molecule has 294 valence electrons. The highest BCUT2D eigenvalue weighted by Crippen LogP contribution is 2.22. The maximum Gasteiger partial charge on any atom is 0.312 e. The minimum atomic E-state index is -1.12. The predicted octanol–water partition coefficient (Wildman–Crippen LogP) is 2.86. The van der Waals surface area contributed by atoms with E-state index < -0.39 is 47.9 Å². The van der Waals surface area contributed by atoms with Crippen LogP contribution in [-0.4, -0.2) is 83.3 Å². The number of nitrogens with one attached hydrogen (secondary N) is 6. The highest BCUT2D eigenvalue weighted by atomic mass is 16.2. The zero-order chi connectivity index (χ0) is 39.9. The summed E-state index contributed by atoms with van der Waals surface area (Å²) in [7, 11) is 0. The Morgan fingerprint density at radius 1 is 0.857 bits per heavy atom. The number of nitriles is 1. The average molecular weight is 762 g/mol. The second kappa shape index (κ2) is 20.5. The van der Waals surface area contributed by atoms with Crippen LogP contribution in [0.25, 0.3) is 10.9 Å². The smallest absolute Gasteiger partial charge is 0.312 e. The third kappa shape index (κ3) is 11.6. The lowest BCUT2D eigenvalue weighted by Gasteiger charge is -2.37. The molecule has 3 unspecified atom stereocenters. The van der Waals surface area contributed by atoms with E-state index in [0.717, 1.165) is 33.2 Å². The fourth-order valence-electron chi connectivity index (χ4n) is 7.01. The summed E-state index contributed by atoms with van der Waals surface area (Å²) in [5, 5.41) is 24.5. The van der Waals surface area contributed by atoms with Gasteiger partial charge in [-0.15, -0.1) is 0 Å². The molecule has 5 rings (SSSR count). The number of hydrogen-bond donors (Lipinski definition) is 7. The number of primary amides is 1. The van der Waals surface area contributed by atoms with Gasteiger partial charge in [-0.25, -0.2) is 4.79 Å². The predicted molar refractivity (Wildman–Crippen MR) is 213 cm³/mol. The van der Waals surface area contributed by atoms with Crippen molar-refractivity contribution >= 4 is 40.6 Å². The quantitative estimate of drug-likeness (QED) is 0.0594. The first-order valence-electron chi connectivity index (χ1n) is 19.1. The first-order valence-corrected chi connectivity index (χ1v) is 19.1. The van der Waals surface area contributed by atoms with Crippen LogP contribution in [0.4, 0.5) is 4.79 Å². The molecular formula is C42H51N9O5. The van der Waals surface area contributed by atoms with Gasteiger partial charge in [-0.3, -0.25) is 24.5 Å². The van der Waals surface area contributed by atoms with E-state index in [1.807, 2.05) is 91.9 Å². The number of rotatable bonds is 18. The summed E-state index contributed by atoms with van der Waals surface area (Å²) in [4.78, 5) is 72.4. The number of hydrogen-bond acceptors (Lipinski definition) is 7. The number of aromatic amines is 1. The fraction of sp³-hybridized carbons (Fsp3) is 0.381. The zero-order valence-corrected chi connectivity index (χ0v) is 31.7. The topological polar surface area (TPSA) is 214 Å². The van der Waals surface area contributed by atoms with Crippen molar-refractivity contribution in [3.63, 3.8) is 0 Å². The molecule has 1 fully saturated rings. The number of aromatic nitrogens is 1. The summed E-state index contributed by atoms with van der Waals surface area (Å²) in [5.41, 5.74) is 9.77. The van der Waals surface area contributed by atoms with Gasteiger partial charge in [0.05, 0.1) is 18.7 Å². The van der Waals surface area contributed by atoms with E-state index in [1.165, 1.54) is 0 Å². The Labute approximate surface area is 327 Å². The average Bonchev–Trinajstić information content (AvgIpc) is 3.62. The highest BCUT2D eigenvalue weighted by Gasteiger charge is 2.37. The Bertz CT molecular complexity index is 1990. The first kappa shape index (κ1) is 41.0. The van der Waals surface area contributed by atoms with E-state index in [4.69, 9.17) is 5.73 Å². The number of urea groups is 1. The van der Waals surface area contributed by atoms with E-state index in [2.05, 4.69) is 31.6 Å². The molecule has 1 aliphatic heterocycles. The molecule has 0 bridgehead atoms. The number of nitrogens with two attached hydrogens (primary N) is 1. The molecule has 0 spiro atoms. The Morgan fingerprint density at radius 2 is 1.61 bits per heavy atom. The van der Waals surface area contributed by atoms with E-state index in [1.54, 1.807) is 11.1 Å². The third-order valence-corrected chi connectivity index (χ3v) is 10.0. The van der Waals surface area contributed by atoms with Crippen molar-refractivity contribution in [2.24, 2.45) is 5.73 Å². The molecule has 14 heteroatoms. The minimum absolute atomic E-state index is 0.0425. The second-order valence-electron chi connectivity index (χ2n) is 14.1. The number of H-pyrrole nitrogens is 1. The number of piperidine rings is 1. The van der Waals surface area contributed by atoms with Crippen LogP contribution in [-0.2, 0) is 38.6 Å². The lowest BCUT2D eigenvalue weighted by molar-refractivity contribution is -0.144. The van der Waals surface area contributed by atoms with Gasteiger partial charge in [0.15, 0.2) is 0 Å². The van der Waals surface area contributed by atoms with Crippen LogP contribution >= 0.6 is 0 Å². The summed E-state index contributed by atoms with van der Waals surface area (Å²) < 4.78 is 0. The van der Waals surface area contributed by atoms with Crippen molar-refractivity contribution < 1.29 is 24.0 Å². The molecule has 8 N–H and O–H groups in total. The van der Waals surface area contributed by atoms with E-state index in [-0.39, 0.29) is 38.4 Å². The van der Waals surface area contributed by atoms with E-state index >= 15 is 0 Å².